The lowest BCUT2D eigenvalue weighted by Crippen LogP contribution is -2.44. The van der Waals surface area contributed by atoms with Gasteiger partial charge in [0.25, 0.3) is 0 Å². The molecule has 0 amide bonds. The first-order valence-corrected chi connectivity index (χ1v) is 42.6. The quantitative estimate of drug-likeness (QED) is 0.0344. The highest BCUT2D eigenvalue weighted by molar-refractivity contribution is 5.90. The minimum atomic E-state index is 0. The smallest absolute Gasteiger partial charge is 0.204 e. The lowest BCUT2D eigenvalue weighted by molar-refractivity contribution is -0.978. The maximum atomic E-state index is 7.77. The molecule has 0 aromatic heterocycles. The molecule has 1 N–H and O–H groups in total. The van der Waals surface area contributed by atoms with Crippen LogP contribution in [-0.2, 0) is 105 Å². The molecule has 2 aliphatic heterocycles. The van der Waals surface area contributed by atoms with Gasteiger partial charge in [-0.25, -0.2) is 0 Å². The van der Waals surface area contributed by atoms with Crippen LogP contribution in [0.15, 0.2) is 388 Å². The van der Waals surface area contributed by atoms with Gasteiger partial charge in [0.2, 0.25) is 23.0 Å². The van der Waals surface area contributed by atoms with Crippen LogP contribution < -0.4 is 56.8 Å². The van der Waals surface area contributed by atoms with E-state index in [2.05, 4.69) is 170 Å². The molecule has 0 saturated heterocycles. The predicted octanol–water partition coefficient (Wildman–Crippen LogP) is 25.3. The first-order valence-electron chi connectivity index (χ1n) is 42.6. The fraction of sp³-hybridized carbons (Fsp3) is 0.143. The first kappa shape index (κ1) is 83.3. The van der Waals surface area contributed by atoms with E-state index in [0.29, 0.717) is 95.2 Å². The zero-order valence-electron chi connectivity index (χ0n) is 70.1. The molecule has 2 heterocycles. The van der Waals surface area contributed by atoms with Crippen LogP contribution in [0.4, 0.5) is 0 Å². The molecule has 0 saturated carbocycles. The number of benzene rings is 16. The maximum Gasteiger partial charge on any atom is 0.204 e. The molecule has 0 fully saturated rings. The minimum Gasteiger partial charge on any atom is -0.870 e. The third-order valence-corrected chi connectivity index (χ3v) is 22.4. The number of hydrogen-bond donors (Lipinski definition) is 0. The number of ether oxygens (including phenoxy) is 12. The molecular weight excluding hydrogens is 1570 g/mol. The Hall–Kier alpha value is -15.0. The van der Waals surface area contributed by atoms with Gasteiger partial charge < -0.3 is 66.8 Å². The van der Waals surface area contributed by atoms with Gasteiger partial charge in [-0.1, -0.05) is 364 Å². The summed E-state index contributed by atoms with van der Waals surface area (Å²) in [7, 11) is 0. The monoisotopic (exact) mass is 1660 g/mol. The molecule has 0 radical (unpaired) electrons. The van der Waals surface area contributed by atoms with Crippen molar-refractivity contribution < 1.29 is 66.8 Å². The average molecular weight is 1670 g/mol. The summed E-state index contributed by atoms with van der Waals surface area (Å²) in [6, 6.07) is 132. The predicted molar refractivity (Wildman–Crippen MR) is 490 cm³/mol. The molecule has 0 unspecified atom stereocenters. The molecule has 16 aromatic carbocycles. The Morgan fingerprint density at radius 1 is 0.151 bits per heavy atom. The van der Waals surface area contributed by atoms with Crippen LogP contribution in [0.2, 0.25) is 0 Å². The van der Waals surface area contributed by atoms with E-state index in [-0.39, 0.29) is 89.2 Å². The third-order valence-electron chi connectivity index (χ3n) is 22.4. The Kier molecular flexibility index (Phi) is 27.0. The van der Waals surface area contributed by atoms with Crippen LogP contribution in [0.25, 0.3) is 22.3 Å². The second-order valence-electron chi connectivity index (χ2n) is 31.5. The van der Waals surface area contributed by atoms with Crippen LogP contribution in [-0.4, -0.2) is 9.96 Å². The van der Waals surface area contributed by atoms with Gasteiger partial charge in [0.05, 0.1) is 0 Å². The molecule has 2 aliphatic rings. The zero-order valence-corrected chi connectivity index (χ0v) is 70.1. The minimum absolute atomic E-state index is 0. The van der Waals surface area contributed by atoms with E-state index in [1.807, 2.05) is 218 Å². The van der Waals surface area contributed by atoms with E-state index in [0.717, 1.165) is 111 Å². The summed E-state index contributed by atoms with van der Waals surface area (Å²) >= 11 is 0. The summed E-state index contributed by atoms with van der Waals surface area (Å²) in [5.74, 6) is 5.29. The lowest BCUT2D eigenvalue weighted by atomic mass is 9.92. The Morgan fingerprint density at radius 3 is 0.405 bits per heavy atom. The highest BCUT2D eigenvalue weighted by atomic mass is 16.6. The third kappa shape index (κ3) is 20.5. The Labute approximate surface area is 736 Å². The summed E-state index contributed by atoms with van der Waals surface area (Å²) in [5, 5.41) is 0. The van der Waals surface area contributed by atoms with Gasteiger partial charge in [-0.2, -0.15) is 0 Å². The van der Waals surface area contributed by atoms with Gasteiger partial charge >= 0.3 is 0 Å². The first-order chi connectivity index (χ1) is 61.9. The van der Waals surface area contributed by atoms with Crippen molar-refractivity contribution in [2.75, 3.05) is 0 Å². The van der Waals surface area contributed by atoms with Crippen molar-refractivity contribution in [1.82, 2.24) is 0 Å². The van der Waals surface area contributed by atoms with Crippen molar-refractivity contribution in [3.63, 3.8) is 0 Å². The van der Waals surface area contributed by atoms with Crippen LogP contribution >= 0.6 is 0 Å². The highest BCUT2D eigenvalue weighted by Gasteiger charge is 2.46. The number of quaternary nitrogens is 1. The molecule has 16 aromatic rings. The standard InChI is InChI=1S/C112H96NO12.H2O/c1-13-37-81(38-14-1)69-114-97-61-93-65-113(66-94-62-98(115-70-82-39-15-2-16-40-82)106(119-74-86-47-23-6-24-48-86)110(123-78-90-55-31-10-32-56-90)102(94)101(93)109(122-77-89-53-29-9-30-54-89)105(97)118-73-85-45-21-5-22-46-85)67-95-63-99(116-71-83-41-17-3-18-42-83)107(120-75-87-49-25-7-26-50-87)111(124-79-91-57-33-11-34-58-91)103(95)104-96(68-113)64-100(117-72-84-43-19-4-20-44-84)108(121-76-88-51-27-8-28-52-88)112(104)125-80-92-59-35-12-36-60-92;/h1-64H,65-80H2;1H2/q+1;/p-1. The Morgan fingerprint density at radius 2 is 0.270 bits per heavy atom. The molecule has 1 spiro atoms. The summed E-state index contributed by atoms with van der Waals surface area (Å²) in [4.78, 5) is 0. The van der Waals surface area contributed by atoms with Crippen LogP contribution in [0.5, 0.6) is 69.0 Å². The van der Waals surface area contributed by atoms with E-state index in [4.69, 9.17) is 56.8 Å². The molecule has 14 heteroatoms. The molecular formula is C112H97NO13. The van der Waals surface area contributed by atoms with E-state index in [1.54, 1.807) is 0 Å². The van der Waals surface area contributed by atoms with Crippen molar-refractivity contribution in [2.45, 2.75) is 105 Å². The SMILES string of the molecule is [OH-].c1ccc(COc2cc3c(c(OCc4ccccc4)c2OCc2ccccc2)-c2c(cc(OCc4ccccc4)c(OCc4ccccc4)c2OCc2ccccc2)C[N+]2(C3)Cc3cc(OCc4ccccc4)c(OCc4ccccc4)c(OCc4ccccc4)c3-c3c(cc(OCc4ccccc4)c(OCc4ccccc4)c3OCc3ccccc3)C2)cc1. The van der Waals surface area contributed by atoms with Crippen LogP contribution in [0.1, 0.15) is 89.0 Å². The maximum absolute atomic E-state index is 7.77. The summed E-state index contributed by atoms with van der Waals surface area (Å²) in [5.41, 5.74) is 17.7. The molecule has 628 valence electrons. The van der Waals surface area contributed by atoms with Gasteiger partial charge in [0.15, 0.2) is 46.0 Å². The van der Waals surface area contributed by atoms with Crippen molar-refractivity contribution >= 4 is 0 Å². The molecule has 0 bridgehead atoms. The van der Waals surface area contributed by atoms with Gasteiger partial charge in [-0.05, 0) is 91.0 Å². The van der Waals surface area contributed by atoms with E-state index in [1.165, 1.54) is 0 Å². The number of rotatable bonds is 36. The zero-order chi connectivity index (χ0) is 84.0. The topological polar surface area (TPSA) is 141 Å². The van der Waals surface area contributed by atoms with E-state index < -0.39 is 0 Å². The molecule has 18 rings (SSSR count). The van der Waals surface area contributed by atoms with E-state index >= 15 is 0 Å². The van der Waals surface area contributed by atoms with Gasteiger partial charge in [0.1, 0.15) is 105 Å². The van der Waals surface area contributed by atoms with E-state index in [9.17, 15) is 0 Å². The summed E-state index contributed by atoms with van der Waals surface area (Å²) in [6.45, 7) is 3.24. The van der Waals surface area contributed by atoms with Gasteiger partial charge in [0, 0.05) is 44.5 Å². The molecule has 0 aliphatic carbocycles. The average Bonchev–Trinajstić information content (AvgIpc) is 1.54. The Bertz CT molecular complexity index is 5430. The Balaban J connectivity index is 0.0000112. The number of nitrogens with zero attached hydrogens (tertiary/aromatic N) is 1. The molecule has 126 heavy (non-hydrogen) atoms. The fourth-order valence-corrected chi connectivity index (χ4v) is 16.4. The van der Waals surface area contributed by atoms with Crippen molar-refractivity contribution in [3.8, 4) is 91.2 Å². The fourth-order valence-electron chi connectivity index (χ4n) is 16.4. The second-order valence-corrected chi connectivity index (χ2v) is 31.5. The number of hydrogen-bond acceptors (Lipinski definition) is 13. The molecule has 0 atom stereocenters. The highest BCUT2D eigenvalue weighted by Crippen LogP contribution is 2.62. The second kappa shape index (κ2) is 40.8. The number of fused-ring (bicyclic) bond motifs is 6. The largest absolute Gasteiger partial charge is 0.870 e. The van der Waals surface area contributed by atoms with Crippen molar-refractivity contribution in [3.05, 3.63) is 477 Å². The van der Waals surface area contributed by atoms with Crippen molar-refractivity contribution in [1.29, 1.82) is 0 Å². The van der Waals surface area contributed by atoms with Gasteiger partial charge in [-0.15, -0.1) is 0 Å². The van der Waals surface area contributed by atoms with Crippen LogP contribution in [0.3, 0.4) is 0 Å². The lowest BCUT2D eigenvalue weighted by Gasteiger charge is -2.38. The molecule has 14 nitrogen and oxygen atoms in total. The van der Waals surface area contributed by atoms with Gasteiger partial charge in [-0.3, -0.25) is 0 Å². The van der Waals surface area contributed by atoms with Crippen LogP contribution in [0, 0.1) is 0 Å². The summed E-state index contributed by atoms with van der Waals surface area (Å²) in [6.07, 6.45) is 0. The van der Waals surface area contributed by atoms with Crippen molar-refractivity contribution in [2.24, 2.45) is 0 Å². The normalized spacial score (nSPS) is 12.1. The summed E-state index contributed by atoms with van der Waals surface area (Å²) < 4.78 is 90.9.